The van der Waals surface area contributed by atoms with E-state index in [2.05, 4.69) is 22.3 Å². The third-order valence-electron chi connectivity index (χ3n) is 5.58. The summed E-state index contributed by atoms with van der Waals surface area (Å²) in [6.07, 6.45) is 2.37. The molecule has 1 aromatic heterocycles. The van der Waals surface area contributed by atoms with Crippen LogP contribution in [0.1, 0.15) is 26.5 Å². The Morgan fingerprint density at radius 1 is 1.17 bits per heavy atom. The molecule has 0 radical (unpaired) electrons. The number of hydrogen-bond acceptors (Lipinski definition) is 5. The van der Waals surface area contributed by atoms with E-state index in [1.807, 2.05) is 18.2 Å². The Morgan fingerprint density at radius 3 is 2.59 bits per heavy atom. The second kappa shape index (κ2) is 8.55. The molecule has 1 saturated heterocycles. The zero-order chi connectivity index (χ0) is 20.4. The van der Waals surface area contributed by atoms with E-state index < -0.39 is 0 Å². The number of carbonyl (C=O) groups is 2. The molecule has 29 heavy (non-hydrogen) atoms. The molecule has 1 atom stereocenters. The summed E-state index contributed by atoms with van der Waals surface area (Å²) in [7, 11) is 3.53. The van der Waals surface area contributed by atoms with Crippen LogP contribution in [-0.2, 0) is 22.4 Å². The van der Waals surface area contributed by atoms with Crippen LogP contribution < -0.4 is 10.2 Å². The van der Waals surface area contributed by atoms with E-state index in [-0.39, 0.29) is 17.7 Å². The van der Waals surface area contributed by atoms with Crippen LogP contribution in [0.15, 0.2) is 30.3 Å². The lowest BCUT2D eigenvalue weighted by atomic mass is 9.87. The van der Waals surface area contributed by atoms with Crippen LogP contribution in [0.2, 0.25) is 0 Å². The molecule has 1 aromatic carbocycles. The maximum Gasteiger partial charge on any atom is 0.263 e. The van der Waals surface area contributed by atoms with E-state index in [0.717, 1.165) is 61.0 Å². The lowest BCUT2D eigenvalue weighted by molar-refractivity contribution is -0.120. The predicted octanol–water partition coefficient (Wildman–Crippen LogP) is 3.03. The van der Waals surface area contributed by atoms with Gasteiger partial charge < -0.3 is 19.9 Å². The van der Waals surface area contributed by atoms with Crippen LogP contribution in [0.25, 0.3) is 0 Å². The Bertz CT molecular complexity index is 885. The molecule has 2 aromatic rings. The highest BCUT2D eigenvalue weighted by molar-refractivity contribution is 7.14. The van der Waals surface area contributed by atoms with E-state index in [1.54, 1.807) is 30.3 Å². The number of rotatable bonds is 4. The summed E-state index contributed by atoms with van der Waals surface area (Å²) >= 11 is 1.57. The van der Waals surface area contributed by atoms with Crippen molar-refractivity contribution in [2.45, 2.75) is 19.3 Å². The standard InChI is InChI=1S/C22H27N3O3S/c1-24(2)22(27)20-14-16-13-15(3-8-19(16)29-20)21(26)23-17-4-6-18(7-5-17)25-9-11-28-12-10-25/h4-7,14-15H,3,8-13H2,1-2H3,(H,23,26)/t15-/m0/s1. The summed E-state index contributed by atoms with van der Waals surface area (Å²) in [5.74, 6) is 0.0329. The summed E-state index contributed by atoms with van der Waals surface area (Å²) in [5, 5.41) is 3.07. The molecular weight excluding hydrogens is 386 g/mol. The third kappa shape index (κ3) is 4.46. The first-order chi connectivity index (χ1) is 14.0. The summed E-state index contributed by atoms with van der Waals surface area (Å²) in [6, 6.07) is 10.0. The average Bonchev–Trinajstić information content (AvgIpc) is 3.17. The second-order valence-corrected chi connectivity index (χ2v) is 8.97. The molecule has 0 unspecified atom stereocenters. The molecule has 1 fully saturated rings. The van der Waals surface area contributed by atoms with Gasteiger partial charge in [-0.1, -0.05) is 0 Å². The van der Waals surface area contributed by atoms with Crippen molar-refractivity contribution in [2.75, 3.05) is 50.6 Å². The van der Waals surface area contributed by atoms with Crippen molar-refractivity contribution < 1.29 is 14.3 Å². The normalized spacial score (nSPS) is 18.8. The van der Waals surface area contributed by atoms with Crippen molar-refractivity contribution in [3.8, 4) is 0 Å². The van der Waals surface area contributed by atoms with Crippen LogP contribution in [0.5, 0.6) is 0 Å². The molecule has 2 aliphatic rings. The number of morpholine rings is 1. The van der Waals surface area contributed by atoms with E-state index in [9.17, 15) is 9.59 Å². The number of nitrogens with zero attached hydrogens (tertiary/aromatic N) is 2. The fourth-order valence-electron chi connectivity index (χ4n) is 3.89. The van der Waals surface area contributed by atoms with Gasteiger partial charge in [0.1, 0.15) is 0 Å². The molecule has 6 nitrogen and oxygen atoms in total. The molecule has 1 aliphatic carbocycles. The van der Waals surface area contributed by atoms with Crippen LogP contribution in [0.3, 0.4) is 0 Å². The number of carbonyl (C=O) groups excluding carboxylic acids is 2. The number of aryl methyl sites for hydroxylation is 1. The number of hydrogen-bond donors (Lipinski definition) is 1. The first-order valence-corrected chi connectivity index (χ1v) is 10.9. The fraction of sp³-hybridized carbons (Fsp3) is 0.455. The summed E-state index contributed by atoms with van der Waals surface area (Å²) in [4.78, 5) is 30.9. The van der Waals surface area contributed by atoms with Crippen LogP contribution in [0, 0.1) is 5.92 Å². The molecular formula is C22H27N3O3S. The van der Waals surface area contributed by atoms with Crippen LogP contribution in [0.4, 0.5) is 11.4 Å². The predicted molar refractivity (Wildman–Crippen MR) is 116 cm³/mol. The van der Waals surface area contributed by atoms with Gasteiger partial charge in [0.05, 0.1) is 18.1 Å². The molecule has 154 valence electrons. The molecule has 1 aliphatic heterocycles. The summed E-state index contributed by atoms with van der Waals surface area (Å²) in [5.41, 5.74) is 3.13. The van der Waals surface area contributed by atoms with Gasteiger partial charge in [-0.25, -0.2) is 0 Å². The van der Waals surface area contributed by atoms with Crippen molar-refractivity contribution in [1.29, 1.82) is 0 Å². The Morgan fingerprint density at radius 2 is 1.90 bits per heavy atom. The Hall–Kier alpha value is -2.38. The lowest BCUT2D eigenvalue weighted by Crippen LogP contribution is -2.36. The molecule has 4 rings (SSSR count). The van der Waals surface area contributed by atoms with Crippen molar-refractivity contribution in [1.82, 2.24) is 4.90 Å². The molecule has 0 spiro atoms. The molecule has 1 N–H and O–H groups in total. The highest BCUT2D eigenvalue weighted by Gasteiger charge is 2.28. The topological polar surface area (TPSA) is 61.9 Å². The van der Waals surface area contributed by atoms with Gasteiger partial charge in [0, 0.05) is 49.4 Å². The minimum Gasteiger partial charge on any atom is -0.378 e. The zero-order valence-corrected chi connectivity index (χ0v) is 17.8. The van der Waals surface area contributed by atoms with E-state index in [0.29, 0.717) is 6.42 Å². The van der Waals surface area contributed by atoms with Crippen molar-refractivity contribution >= 4 is 34.5 Å². The number of benzene rings is 1. The molecule has 7 heteroatoms. The number of anilines is 2. The highest BCUT2D eigenvalue weighted by Crippen LogP contribution is 2.33. The number of fused-ring (bicyclic) bond motifs is 1. The molecule has 2 heterocycles. The van der Waals surface area contributed by atoms with E-state index >= 15 is 0 Å². The molecule has 2 amide bonds. The molecule has 0 saturated carbocycles. The highest BCUT2D eigenvalue weighted by atomic mass is 32.1. The van der Waals surface area contributed by atoms with Crippen LogP contribution in [-0.4, -0.2) is 57.1 Å². The zero-order valence-electron chi connectivity index (χ0n) is 16.9. The molecule has 0 bridgehead atoms. The van der Waals surface area contributed by atoms with Gasteiger partial charge in [0.2, 0.25) is 5.91 Å². The van der Waals surface area contributed by atoms with Crippen LogP contribution >= 0.6 is 11.3 Å². The first kappa shape index (κ1) is 19.9. The third-order valence-corrected chi connectivity index (χ3v) is 6.81. The average molecular weight is 414 g/mol. The van der Waals surface area contributed by atoms with Gasteiger partial charge in [-0.3, -0.25) is 9.59 Å². The Kier molecular flexibility index (Phi) is 5.87. The van der Waals surface area contributed by atoms with Crippen molar-refractivity contribution in [2.24, 2.45) is 5.92 Å². The fourth-order valence-corrected chi connectivity index (χ4v) is 5.12. The lowest BCUT2D eigenvalue weighted by Gasteiger charge is -2.29. The quantitative estimate of drug-likeness (QED) is 0.837. The van der Waals surface area contributed by atoms with E-state index in [4.69, 9.17) is 4.74 Å². The smallest absolute Gasteiger partial charge is 0.263 e. The minimum absolute atomic E-state index is 0.0331. The van der Waals surface area contributed by atoms with E-state index in [1.165, 1.54) is 4.88 Å². The number of ether oxygens (including phenoxy) is 1. The first-order valence-electron chi connectivity index (χ1n) is 10.1. The summed E-state index contributed by atoms with van der Waals surface area (Å²) < 4.78 is 5.40. The monoisotopic (exact) mass is 413 g/mol. The SMILES string of the molecule is CN(C)C(=O)c1cc2c(s1)CC[C@H](C(=O)Nc1ccc(N3CCOCC3)cc1)C2. The van der Waals surface area contributed by atoms with Gasteiger partial charge in [-0.05, 0) is 55.2 Å². The Balaban J connectivity index is 1.37. The number of nitrogens with one attached hydrogen (secondary N) is 1. The minimum atomic E-state index is -0.0571. The summed E-state index contributed by atoms with van der Waals surface area (Å²) in [6.45, 7) is 3.31. The van der Waals surface area contributed by atoms with Crippen molar-refractivity contribution in [3.05, 3.63) is 45.6 Å². The second-order valence-electron chi connectivity index (χ2n) is 7.83. The van der Waals surface area contributed by atoms with Crippen molar-refractivity contribution in [3.63, 3.8) is 0 Å². The van der Waals surface area contributed by atoms with Gasteiger partial charge in [0.25, 0.3) is 5.91 Å². The van der Waals surface area contributed by atoms with Gasteiger partial charge in [0.15, 0.2) is 0 Å². The Labute approximate surface area is 175 Å². The largest absolute Gasteiger partial charge is 0.378 e. The van der Waals surface area contributed by atoms with Gasteiger partial charge in [-0.2, -0.15) is 0 Å². The number of thiophene rings is 1. The van der Waals surface area contributed by atoms with Gasteiger partial charge >= 0.3 is 0 Å². The number of amides is 2. The van der Waals surface area contributed by atoms with Gasteiger partial charge in [-0.15, -0.1) is 11.3 Å². The maximum absolute atomic E-state index is 12.8. The maximum atomic E-state index is 12.8.